The van der Waals surface area contributed by atoms with Gasteiger partial charge in [0.1, 0.15) is 6.10 Å². The molecular weight excluding hydrogens is 262 g/mol. The van der Waals surface area contributed by atoms with Crippen molar-refractivity contribution < 1.29 is 13.5 Å². The van der Waals surface area contributed by atoms with Crippen LogP contribution >= 0.6 is 11.6 Å². The Hall–Kier alpha value is -0.780. The number of nitrogen functional groups attached to an aromatic ring is 1. The summed E-state index contributed by atoms with van der Waals surface area (Å²) in [7, 11) is -3.59. The van der Waals surface area contributed by atoms with E-state index in [0.717, 1.165) is 6.26 Å². The molecular formula is C11H16ClNO3S. The monoisotopic (exact) mass is 277 g/mol. The molecule has 0 fully saturated rings. The molecule has 0 aliphatic heterocycles. The second-order valence-electron chi connectivity index (χ2n) is 3.98. The number of aliphatic hydroxyl groups excluding tert-OH is 1. The lowest BCUT2D eigenvalue weighted by atomic mass is 10.0. The van der Waals surface area contributed by atoms with E-state index in [1.54, 1.807) is 31.2 Å². The van der Waals surface area contributed by atoms with Crippen LogP contribution in [0.4, 0.5) is 5.69 Å². The van der Waals surface area contributed by atoms with Gasteiger partial charge in [0.2, 0.25) is 0 Å². The van der Waals surface area contributed by atoms with Gasteiger partial charge in [-0.2, -0.15) is 0 Å². The average molecular weight is 278 g/mol. The van der Waals surface area contributed by atoms with Gasteiger partial charge < -0.3 is 10.8 Å². The Morgan fingerprint density at radius 3 is 2.24 bits per heavy atom. The van der Waals surface area contributed by atoms with Crippen LogP contribution in [-0.2, 0) is 9.84 Å². The van der Waals surface area contributed by atoms with E-state index in [2.05, 4.69) is 0 Å². The summed E-state index contributed by atoms with van der Waals surface area (Å²) in [6.45, 7) is 1.62. The maximum atomic E-state index is 11.6. The van der Waals surface area contributed by atoms with Gasteiger partial charge >= 0.3 is 0 Å². The van der Waals surface area contributed by atoms with E-state index >= 15 is 0 Å². The topological polar surface area (TPSA) is 80.4 Å². The lowest BCUT2D eigenvalue weighted by Crippen LogP contribution is -2.37. The van der Waals surface area contributed by atoms with Crippen LogP contribution in [0.15, 0.2) is 24.3 Å². The third-order valence-corrected chi connectivity index (χ3v) is 5.82. The normalized spacial score (nSPS) is 17.4. The van der Waals surface area contributed by atoms with Crippen LogP contribution in [-0.4, -0.2) is 24.0 Å². The van der Waals surface area contributed by atoms with Crippen LogP contribution < -0.4 is 5.73 Å². The number of hydrogen-bond donors (Lipinski definition) is 2. The van der Waals surface area contributed by atoms with Crippen molar-refractivity contribution in [2.24, 2.45) is 0 Å². The highest BCUT2D eigenvalue weighted by atomic mass is 35.5. The average Bonchev–Trinajstić information content (AvgIpc) is 2.26. The molecule has 1 aromatic rings. The van der Waals surface area contributed by atoms with Crippen molar-refractivity contribution in [3.63, 3.8) is 0 Å². The van der Waals surface area contributed by atoms with Crippen molar-refractivity contribution in [2.75, 3.05) is 12.0 Å². The fourth-order valence-electron chi connectivity index (χ4n) is 1.59. The zero-order valence-electron chi connectivity index (χ0n) is 9.72. The van der Waals surface area contributed by atoms with E-state index in [-0.39, 0.29) is 6.42 Å². The number of nitrogens with two attached hydrogens (primary N) is 1. The molecule has 0 amide bonds. The Labute approximate surface area is 106 Å². The highest BCUT2D eigenvalue weighted by molar-refractivity contribution is 7.93. The number of sulfone groups is 1. The van der Waals surface area contributed by atoms with Gasteiger partial charge in [-0.3, -0.25) is 0 Å². The van der Waals surface area contributed by atoms with Gasteiger partial charge in [0.25, 0.3) is 0 Å². The maximum absolute atomic E-state index is 11.6. The molecule has 0 unspecified atom stereocenters. The second kappa shape index (κ2) is 4.84. The number of rotatable bonds is 4. The lowest BCUT2D eigenvalue weighted by Gasteiger charge is -2.29. The van der Waals surface area contributed by atoms with Crippen LogP contribution in [0.1, 0.15) is 25.0 Å². The van der Waals surface area contributed by atoms with Crippen molar-refractivity contribution in [3.05, 3.63) is 29.8 Å². The first kappa shape index (κ1) is 14.3. The van der Waals surface area contributed by atoms with E-state index in [1.165, 1.54) is 0 Å². The SMILES string of the molecule is CC[C@@](Cl)([C@@H](O)c1ccc(N)cc1)S(C)(=O)=O. The Bertz CT molecular complexity index is 486. The maximum Gasteiger partial charge on any atom is 0.174 e. The minimum absolute atomic E-state index is 0.110. The Morgan fingerprint density at radius 1 is 1.41 bits per heavy atom. The number of hydrogen-bond acceptors (Lipinski definition) is 4. The minimum Gasteiger partial charge on any atom is -0.399 e. The predicted octanol–water partition coefficient (Wildman–Crippen LogP) is 1.69. The van der Waals surface area contributed by atoms with E-state index in [4.69, 9.17) is 17.3 Å². The minimum atomic E-state index is -3.59. The number of anilines is 1. The molecule has 3 N–H and O–H groups in total. The molecule has 0 saturated carbocycles. The smallest absolute Gasteiger partial charge is 0.174 e. The summed E-state index contributed by atoms with van der Waals surface area (Å²) in [5.41, 5.74) is 6.49. The first-order chi connectivity index (χ1) is 7.72. The molecule has 4 nitrogen and oxygen atoms in total. The molecule has 2 atom stereocenters. The fourth-order valence-corrected chi connectivity index (χ4v) is 2.78. The summed E-state index contributed by atoms with van der Waals surface area (Å²) in [5.74, 6) is 0. The highest BCUT2D eigenvalue weighted by Crippen LogP contribution is 2.39. The first-order valence-corrected chi connectivity index (χ1v) is 7.41. The Kier molecular flexibility index (Phi) is 4.06. The molecule has 0 spiro atoms. The van der Waals surface area contributed by atoms with Gasteiger partial charge in [-0.15, -0.1) is 0 Å². The third-order valence-electron chi connectivity index (χ3n) is 2.76. The number of benzene rings is 1. The second-order valence-corrected chi connectivity index (χ2v) is 7.15. The third kappa shape index (κ3) is 2.73. The Morgan fingerprint density at radius 2 is 1.88 bits per heavy atom. The van der Waals surface area contributed by atoms with Crippen molar-refractivity contribution >= 4 is 27.1 Å². The summed E-state index contributed by atoms with van der Waals surface area (Å²) in [5, 5.41) is 10.1. The number of aliphatic hydroxyl groups is 1. The molecule has 0 radical (unpaired) electrons. The number of halogens is 1. The van der Waals surface area contributed by atoms with Gasteiger partial charge in [0.15, 0.2) is 14.0 Å². The van der Waals surface area contributed by atoms with Crippen LogP contribution in [0, 0.1) is 0 Å². The molecule has 6 heteroatoms. The van der Waals surface area contributed by atoms with E-state index < -0.39 is 20.1 Å². The van der Waals surface area contributed by atoms with Crippen molar-refractivity contribution in [3.8, 4) is 0 Å². The van der Waals surface area contributed by atoms with E-state index in [0.29, 0.717) is 11.3 Å². The zero-order valence-corrected chi connectivity index (χ0v) is 11.3. The molecule has 0 heterocycles. The van der Waals surface area contributed by atoms with Crippen molar-refractivity contribution in [1.82, 2.24) is 0 Å². The predicted molar refractivity (Wildman–Crippen MR) is 69.5 cm³/mol. The lowest BCUT2D eigenvalue weighted by molar-refractivity contribution is 0.155. The zero-order chi connectivity index (χ0) is 13.3. The molecule has 0 aliphatic carbocycles. The summed E-state index contributed by atoms with van der Waals surface area (Å²) in [4.78, 5) is 0. The molecule has 96 valence electrons. The van der Waals surface area contributed by atoms with Gasteiger partial charge in [-0.05, 0) is 24.1 Å². The largest absolute Gasteiger partial charge is 0.399 e. The molecule has 1 rings (SSSR count). The van der Waals surface area contributed by atoms with Crippen LogP contribution in [0.25, 0.3) is 0 Å². The van der Waals surface area contributed by atoms with Crippen molar-refractivity contribution in [2.45, 2.75) is 23.7 Å². The molecule has 17 heavy (non-hydrogen) atoms. The molecule has 0 saturated heterocycles. The van der Waals surface area contributed by atoms with Crippen LogP contribution in [0.3, 0.4) is 0 Å². The molecule has 0 aromatic heterocycles. The summed E-state index contributed by atoms with van der Waals surface area (Å²) >= 11 is 6.06. The quantitative estimate of drug-likeness (QED) is 0.648. The standard InChI is InChI=1S/C11H16ClNO3S/c1-3-11(12,17(2,15)16)10(14)8-4-6-9(13)7-5-8/h4-7,10,14H,3,13H2,1-2H3/t10-,11-/m0/s1. The first-order valence-electron chi connectivity index (χ1n) is 5.14. The van der Waals surface area contributed by atoms with Gasteiger partial charge in [-0.1, -0.05) is 30.7 Å². The number of alkyl halides is 1. The molecule has 1 aromatic carbocycles. The summed E-state index contributed by atoms with van der Waals surface area (Å²) < 4.78 is 21.6. The molecule has 0 aliphatic rings. The van der Waals surface area contributed by atoms with Gasteiger partial charge in [0, 0.05) is 11.9 Å². The fraction of sp³-hybridized carbons (Fsp3) is 0.455. The summed E-state index contributed by atoms with van der Waals surface area (Å²) in [6.07, 6.45) is -0.159. The van der Waals surface area contributed by atoms with Crippen LogP contribution in [0.2, 0.25) is 0 Å². The summed E-state index contributed by atoms with van der Waals surface area (Å²) in [6, 6.07) is 6.32. The van der Waals surface area contributed by atoms with Gasteiger partial charge in [-0.25, -0.2) is 8.42 Å². The van der Waals surface area contributed by atoms with Crippen molar-refractivity contribution in [1.29, 1.82) is 0 Å². The van der Waals surface area contributed by atoms with E-state index in [9.17, 15) is 13.5 Å². The Balaban J connectivity index is 3.19. The molecule has 0 bridgehead atoms. The highest BCUT2D eigenvalue weighted by Gasteiger charge is 2.44. The van der Waals surface area contributed by atoms with E-state index in [1.807, 2.05) is 0 Å². The van der Waals surface area contributed by atoms with Gasteiger partial charge in [0.05, 0.1) is 0 Å². The van der Waals surface area contributed by atoms with Crippen LogP contribution in [0.5, 0.6) is 0 Å².